The van der Waals surface area contributed by atoms with Gasteiger partial charge in [-0.2, -0.15) is 4.99 Å². The molecule has 0 radical (unpaired) electrons. The fraction of sp³-hybridized carbons (Fsp3) is 0.533. The summed E-state index contributed by atoms with van der Waals surface area (Å²) in [4.78, 5) is 16.6. The van der Waals surface area contributed by atoms with Gasteiger partial charge in [-0.1, -0.05) is 12.1 Å². The second-order valence-electron chi connectivity index (χ2n) is 5.58. The number of phenolic OH excluding ortho intramolecular Hbond substituents is 1. The summed E-state index contributed by atoms with van der Waals surface area (Å²) in [6.45, 7) is 2.66. The third kappa shape index (κ3) is 2.42. The Hall–Kier alpha value is -1.64. The van der Waals surface area contributed by atoms with Crippen LogP contribution in [-0.2, 0) is 16.9 Å². The number of carbonyl (C=O) groups excluding carboxylic acids is 1. The largest absolute Gasteiger partial charge is 0.507 e. The van der Waals surface area contributed by atoms with Crippen molar-refractivity contribution >= 4 is 6.08 Å². The highest BCUT2D eigenvalue weighted by atomic mass is 16.3. The summed E-state index contributed by atoms with van der Waals surface area (Å²) in [5, 5.41) is 10.5. The van der Waals surface area contributed by atoms with E-state index in [1.165, 1.54) is 0 Å². The summed E-state index contributed by atoms with van der Waals surface area (Å²) >= 11 is 0. The van der Waals surface area contributed by atoms with E-state index in [-0.39, 0.29) is 5.75 Å². The molecule has 2 rings (SSSR count). The van der Waals surface area contributed by atoms with Crippen LogP contribution in [0.1, 0.15) is 36.0 Å². The van der Waals surface area contributed by atoms with E-state index in [2.05, 4.69) is 4.99 Å². The van der Waals surface area contributed by atoms with E-state index in [9.17, 15) is 9.90 Å². The topological polar surface area (TPSA) is 52.9 Å². The summed E-state index contributed by atoms with van der Waals surface area (Å²) in [7, 11) is 3.93. The molecule has 19 heavy (non-hydrogen) atoms. The summed E-state index contributed by atoms with van der Waals surface area (Å²) in [5.74, 6) is 0.285. The van der Waals surface area contributed by atoms with Gasteiger partial charge in [0.1, 0.15) is 11.3 Å². The Morgan fingerprint density at radius 3 is 2.58 bits per heavy atom. The van der Waals surface area contributed by atoms with E-state index in [1.807, 2.05) is 38.1 Å². The Labute approximate surface area is 113 Å². The first-order chi connectivity index (χ1) is 9.00. The van der Waals surface area contributed by atoms with E-state index < -0.39 is 5.54 Å². The van der Waals surface area contributed by atoms with Crippen LogP contribution in [0.25, 0.3) is 0 Å². The Bertz CT molecular complexity index is 527. The lowest BCUT2D eigenvalue weighted by atomic mass is 9.71. The van der Waals surface area contributed by atoms with Gasteiger partial charge in [-0.05, 0) is 45.8 Å². The lowest BCUT2D eigenvalue weighted by molar-refractivity contribution is 0.246. The summed E-state index contributed by atoms with van der Waals surface area (Å²) in [6.07, 6.45) is 4.31. The predicted molar refractivity (Wildman–Crippen MR) is 73.9 cm³/mol. The van der Waals surface area contributed by atoms with Crippen molar-refractivity contribution in [3.05, 3.63) is 28.8 Å². The molecule has 1 fully saturated rings. The van der Waals surface area contributed by atoms with Crippen LogP contribution in [0, 0.1) is 6.92 Å². The van der Waals surface area contributed by atoms with E-state index in [0.29, 0.717) is 6.54 Å². The molecule has 1 aliphatic rings. The molecular formula is C15H20N2O2. The van der Waals surface area contributed by atoms with Crippen molar-refractivity contribution in [2.75, 3.05) is 14.1 Å². The minimum absolute atomic E-state index is 0.285. The maximum atomic E-state index is 10.6. The van der Waals surface area contributed by atoms with Crippen LogP contribution in [0.3, 0.4) is 0 Å². The third-order valence-corrected chi connectivity index (χ3v) is 3.93. The number of aryl methyl sites for hydroxylation is 1. The number of aromatic hydroxyl groups is 1. The van der Waals surface area contributed by atoms with Crippen LogP contribution < -0.4 is 0 Å². The van der Waals surface area contributed by atoms with Crippen LogP contribution >= 0.6 is 0 Å². The van der Waals surface area contributed by atoms with E-state index in [0.717, 1.165) is 36.0 Å². The van der Waals surface area contributed by atoms with Crippen LogP contribution in [0.4, 0.5) is 0 Å². The van der Waals surface area contributed by atoms with Gasteiger partial charge >= 0.3 is 0 Å². The van der Waals surface area contributed by atoms with Crippen LogP contribution in [0.15, 0.2) is 17.1 Å². The summed E-state index contributed by atoms with van der Waals surface area (Å²) < 4.78 is 0. The molecular weight excluding hydrogens is 240 g/mol. The average Bonchev–Trinajstić information content (AvgIpc) is 2.30. The highest BCUT2D eigenvalue weighted by Crippen LogP contribution is 2.49. The molecule has 0 saturated heterocycles. The first kappa shape index (κ1) is 13.8. The molecule has 0 spiro atoms. The zero-order chi connectivity index (χ0) is 14.0. The maximum absolute atomic E-state index is 10.6. The highest BCUT2D eigenvalue weighted by Gasteiger charge is 2.41. The fourth-order valence-electron chi connectivity index (χ4n) is 2.67. The van der Waals surface area contributed by atoms with E-state index >= 15 is 0 Å². The molecule has 4 nitrogen and oxygen atoms in total. The first-order valence-electron chi connectivity index (χ1n) is 6.56. The van der Waals surface area contributed by atoms with Crippen molar-refractivity contribution in [3.8, 4) is 5.75 Å². The molecule has 0 aliphatic heterocycles. The number of benzene rings is 1. The Morgan fingerprint density at radius 2 is 2.11 bits per heavy atom. The minimum Gasteiger partial charge on any atom is -0.507 e. The van der Waals surface area contributed by atoms with Gasteiger partial charge in [-0.25, -0.2) is 4.79 Å². The van der Waals surface area contributed by atoms with Gasteiger partial charge in [0.25, 0.3) is 0 Å². The zero-order valence-corrected chi connectivity index (χ0v) is 11.7. The number of isocyanates is 1. The Kier molecular flexibility index (Phi) is 3.74. The van der Waals surface area contributed by atoms with Crippen LogP contribution in [0.2, 0.25) is 0 Å². The molecule has 0 atom stereocenters. The normalized spacial score (nSPS) is 16.8. The predicted octanol–water partition coefficient (Wildman–Crippen LogP) is 2.48. The van der Waals surface area contributed by atoms with Gasteiger partial charge in [0, 0.05) is 17.7 Å². The van der Waals surface area contributed by atoms with Crippen molar-refractivity contribution in [1.29, 1.82) is 0 Å². The van der Waals surface area contributed by atoms with Gasteiger partial charge in [-0.3, -0.25) is 0 Å². The zero-order valence-electron chi connectivity index (χ0n) is 11.7. The number of nitrogens with zero attached hydrogens (tertiary/aromatic N) is 2. The number of phenols is 1. The van der Waals surface area contributed by atoms with Gasteiger partial charge < -0.3 is 10.0 Å². The summed E-state index contributed by atoms with van der Waals surface area (Å²) in [5.41, 5.74) is 2.19. The van der Waals surface area contributed by atoms with E-state index in [4.69, 9.17) is 0 Å². The summed E-state index contributed by atoms with van der Waals surface area (Å²) in [6, 6.07) is 3.89. The van der Waals surface area contributed by atoms with Crippen LogP contribution in [-0.4, -0.2) is 30.2 Å². The standard InChI is InChI=1S/C15H20N2O2/c1-11-5-6-13(14(19)12(11)9-17(2)3)15(16-10-18)7-4-8-15/h5-6,19H,4,7-9H2,1-3H3. The van der Waals surface area contributed by atoms with Crippen molar-refractivity contribution in [2.45, 2.75) is 38.3 Å². The number of aliphatic imine (C=N–C) groups is 1. The molecule has 0 amide bonds. The molecule has 1 aliphatic carbocycles. The molecule has 4 heteroatoms. The maximum Gasteiger partial charge on any atom is 0.235 e. The molecule has 0 bridgehead atoms. The van der Waals surface area contributed by atoms with Crippen LogP contribution in [0.5, 0.6) is 5.75 Å². The van der Waals surface area contributed by atoms with E-state index in [1.54, 1.807) is 6.08 Å². The number of hydrogen-bond acceptors (Lipinski definition) is 4. The number of hydrogen-bond donors (Lipinski definition) is 1. The second-order valence-corrected chi connectivity index (χ2v) is 5.58. The SMILES string of the molecule is Cc1ccc(C2(N=C=O)CCC2)c(O)c1CN(C)C. The molecule has 102 valence electrons. The molecule has 0 heterocycles. The first-order valence-corrected chi connectivity index (χ1v) is 6.56. The van der Waals surface area contributed by atoms with Gasteiger partial charge in [0.2, 0.25) is 6.08 Å². The molecule has 1 aromatic carbocycles. The highest BCUT2D eigenvalue weighted by molar-refractivity contribution is 5.51. The Morgan fingerprint density at radius 1 is 1.42 bits per heavy atom. The minimum atomic E-state index is -0.541. The van der Waals surface area contributed by atoms with Gasteiger partial charge in [0.05, 0.1) is 0 Å². The molecule has 1 aromatic rings. The molecule has 0 aromatic heterocycles. The Balaban J connectivity index is 2.50. The van der Waals surface area contributed by atoms with Crippen molar-refractivity contribution < 1.29 is 9.90 Å². The lowest BCUT2D eigenvalue weighted by Crippen LogP contribution is -2.32. The quantitative estimate of drug-likeness (QED) is 0.668. The lowest BCUT2D eigenvalue weighted by Gasteiger charge is -2.38. The third-order valence-electron chi connectivity index (χ3n) is 3.93. The number of rotatable bonds is 4. The van der Waals surface area contributed by atoms with Crippen molar-refractivity contribution in [1.82, 2.24) is 4.90 Å². The molecule has 1 saturated carbocycles. The van der Waals surface area contributed by atoms with Crippen molar-refractivity contribution in [2.24, 2.45) is 4.99 Å². The smallest absolute Gasteiger partial charge is 0.235 e. The fourth-order valence-corrected chi connectivity index (χ4v) is 2.67. The monoisotopic (exact) mass is 260 g/mol. The molecule has 1 N–H and O–H groups in total. The van der Waals surface area contributed by atoms with Crippen molar-refractivity contribution in [3.63, 3.8) is 0 Å². The van der Waals surface area contributed by atoms with Gasteiger partial charge in [0.15, 0.2) is 0 Å². The van der Waals surface area contributed by atoms with Gasteiger partial charge in [-0.15, -0.1) is 0 Å². The average molecular weight is 260 g/mol. The molecule has 0 unspecified atom stereocenters. The second kappa shape index (κ2) is 5.16.